The quantitative estimate of drug-likeness (QED) is 0.732. The largest absolute Gasteiger partial charge is 0.506 e. The zero-order chi connectivity index (χ0) is 18.1. The van der Waals surface area contributed by atoms with Crippen molar-refractivity contribution < 1.29 is 24.2 Å². The van der Waals surface area contributed by atoms with Crippen molar-refractivity contribution in [1.29, 1.82) is 0 Å². The molecule has 25 heavy (non-hydrogen) atoms. The Balaban J connectivity index is 2.12. The van der Waals surface area contributed by atoms with Crippen LogP contribution in [0.3, 0.4) is 0 Å². The van der Waals surface area contributed by atoms with Gasteiger partial charge in [-0.1, -0.05) is 12.8 Å². The number of carboxylic acids is 1. The van der Waals surface area contributed by atoms with Gasteiger partial charge < -0.3 is 20.1 Å². The zero-order valence-corrected chi connectivity index (χ0v) is 13.3. The highest BCUT2D eigenvalue weighted by Crippen LogP contribution is 2.33. The predicted molar refractivity (Wildman–Crippen MR) is 87.1 cm³/mol. The minimum atomic E-state index is -1.28. The fraction of sp³-hybridized carbons (Fsp3) is 0.353. The van der Waals surface area contributed by atoms with Gasteiger partial charge in [0.2, 0.25) is 0 Å². The number of nitrogens with zero attached hydrogens (tertiary/aromatic N) is 1. The molecule has 0 aliphatic heterocycles. The maximum atomic E-state index is 13.6. The monoisotopic (exact) mass is 348 g/mol. The molecule has 0 bridgehead atoms. The molecule has 3 rings (SSSR count). The number of aryl methyl sites for hydroxylation is 1. The summed E-state index contributed by atoms with van der Waals surface area (Å²) in [6.45, 7) is -0.355. The Kier molecular flexibility index (Phi) is 4.43. The third-order valence-electron chi connectivity index (χ3n) is 4.29. The number of rotatable bonds is 6. The molecule has 132 valence electrons. The van der Waals surface area contributed by atoms with Crippen LogP contribution in [0.5, 0.6) is 5.75 Å². The van der Waals surface area contributed by atoms with Crippen molar-refractivity contribution in [3.05, 3.63) is 39.9 Å². The van der Waals surface area contributed by atoms with E-state index in [4.69, 9.17) is 5.11 Å². The van der Waals surface area contributed by atoms with Crippen LogP contribution < -0.4 is 10.9 Å². The molecule has 0 saturated heterocycles. The Morgan fingerprint density at radius 1 is 1.32 bits per heavy atom. The summed E-state index contributed by atoms with van der Waals surface area (Å²) in [7, 11) is 0. The number of hydrogen-bond acceptors (Lipinski definition) is 4. The summed E-state index contributed by atoms with van der Waals surface area (Å²) in [5, 5.41) is 21.1. The number of aliphatic carboxylic acids is 1. The summed E-state index contributed by atoms with van der Waals surface area (Å²) in [4.78, 5) is 35.5. The molecule has 1 saturated carbocycles. The molecule has 7 nitrogen and oxygen atoms in total. The number of halogens is 1. The van der Waals surface area contributed by atoms with Gasteiger partial charge in [0.05, 0.1) is 5.52 Å². The lowest BCUT2D eigenvalue weighted by molar-refractivity contribution is -0.135. The second-order valence-corrected chi connectivity index (χ2v) is 6.15. The van der Waals surface area contributed by atoms with Crippen LogP contribution in [-0.2, 0) is 11.3 Å². The summed E-state index contributed by atoms with van der Waals surface area (Å²) in [6, 6.07) is 3.61. The third-order valence-corrected chi connectivity index (χ3v) is 4.29. The Bertz CT molecular complexity index is 917. The summed E-state index contributed by atoms with van der Waals surface area (Å²) in [6.07, 6.45) is 2.92. The van der Waals surface area contributed by atoms with Crippen molar-refractivity contribution in [3.63, 3.8) is 0 Å². The zero-order valence-electron chi connectivity index (χ0n) is 13.3. The van der Waals surface area contributed by atoms with Crippen LogP contribution in [-0.4, -0.2) is 33.2 Å². The summed E-state index contributed by atoms with van der Waals surface area (Å²) >= 11 is 0. The van der Waals surface area contributed by atoms with Crippen molar-refractivity contribution in [2.24, 2.45) is 5.92 Å². The summed E-state index contributed by atoms with van der Waals surface area (Å²) in [5.74, 6) is -3.03. The number of fused-ring (bicyclic) bond motifs is 1. The van der Waals surface area contributed by atoms with Crippen molar-refractivity contribution in [1.82, 2.24) is 9.88 Å². The van der Waals surface area contributed by atoms with E-state index in [-0.39, 0.29) is 5.39 Å². The Morgan fingerprint density at radius 2 is 2.04 bits per heavy atom. The molecule has 8 heteroatoms. The lowest BCUT2D eigenvalue weighted by Crippen LogP contribution is -2.36. The number of carboxylic acid groups (broad SMARTS) is 1. The average molecular weight is 348 g/mol. The van der Waals surface area contributed by atoms with Crippen molar-refractivity contribution in [2.75, 3.05) is 6.54 Å². The second-order valence-electron chi connectivity index (χ2n) is 6.15. The molecule has 2 aromatic rings. The number of aromatic hydroxyl groups is 1. The molecule has 0 atom stereocenters. The highest BCUT2D eigenvalue weighted by molar-refractivity contribution is 6.03. The van der Waals surface area contributed by atoms with Crippen LogP contribution in [0.25, 0.3) is 10.9 Å². The van der Waals surface area contributed by atoms with Gasteiger partial charge in [-0.25, -0.2) is 4.39 Å². The van der Waals surface area contributed by atoms with E-state index >= 15 is 0 Å². The number of carbonyl (C=O) groups is 2. The number of nitrogens with one attached hydrogen (secondary N) is 1. The van der Waals surface area contributed by atoms with E-state index in [1.165, 1.54) is 16.7 Å². The molecule has 1 aromatic heterocycles. The first-order valence-electron chi connectivity index (χ1n) is 7.93. The van der Waals surface area contributed by atoms with Gasteiger partial charge in [-0.2, -0.15) is 0 Å². The molecule has 0 unspecified atom stereocenters. The molecule has 1 amide bonds. The van der Waals surface area contributed by atoms with Crippen LogP contribution in [0.4, 0.5) is 4.39 Å². The first-order chi connectivity index (χ1) is 11.9. The first kappa shape index (κ1) is 16.9. The van der Waals surface area contributed by atoms with Crippen molar-refractivity contribution in [3.8, 4) is 5.75 Å². The van der Waals surface area contributed by atoms with E-state index in [1.807, 2.05) is 0 Å². The molecule has 1 aromatic carbocycles. The van der Waals surface area contributed by atoms with Gasteiger partial charge in [0.25, 0.3) is 11.5 Å². The topological polar surface area (TPSA) is 109 Å². The van der Waals surface area contributed by atoms with E-state index in [1.54, 1.807) is 0 Å². The number of benzene rings is 1. The number of carbonyl (C=O) groups excluding carboxylic acids is 1. The van der Waals surface area contributed by atoms with E-state index in [9.17, 15) is 23.9 Å². The van der Waals surface area contributed by atoms with E-state index in [2.05, 4.69) is 5.32 Å². The highest BCUT2D eigenvalue weighted by Gasteiger charge is 2.25. The predicted octanol–water partition coefficient (Wildman–Crippen LogP) is 1.46. The molecule has 0 radical (unpaired) electrons. The first-order valence-corrected chi connectivity index (χ1v) is 7.93. The molecule has 1 aliphatic rings. The van der Waals surface area contributed by atoms with Gasteiger partial charge in [0.1, 0.15) is 23.7 Å². The number of amides is 1. The van der Waals surface area contributed by atoms with Gasteiger partial charge in [-0.3, -0.25) is 14.4 Å². The smallest absolute Gasteiger partial charge is 0.322 e. The standard InChI is InChI=1S/C17H17FN2O5/c18-10-3-4-12-11(7-10)15(23)14(16(24)19-8-13(21)22)17(25)20(12)6-5-9-1-2-9/h3-4,7,9,23H,1-2,5-6,8H2,(H,19,24)(H,21,22). The molecule has 1 heterocycles. The summed E-state index contributed by atoms with van der Waals surface area (Å²) < 4.78 is 14.9. The number of pyridine rings is 1. The van der Waals surface area contributed by atoms with Crippen molar-refractivity contribution >= 4 is 22.8 Å². The fourth-order valence-corrected chi connectivity index (χ4v) is 2.80. The maximum absolute atomic E-state index is 13.6. The molecule has 3 N–H and O–H groups in total. The normalized spacial score (nSPS) is 13.8. The van der Waals surface area contributed by atoms with Gasteiger partial charge in [0, 0.05) is 11.9 Å². The van der Waals surface area contributed by atoms with Crippen LogP contribution in [0, 0.1) is 11.7 Å². The lowest BCUT2D eigenvalue weighted by Gasteiger charge is -2.14. The second kappa shape index (κ2) is 6.54. The van der Waals surface area contributed by atoms with E-state index < -0.39 is 41.1 Å². The fourth-order valence-electron chi connectivity index (χ4n) is 2.80. The lowest BCUT2D eigenvalue weighted by atomic mass is 10.1. The van der Waals surface area contributed by atoms with Crippen LogP contribution in [0.2, 0.25) is 0 Å². The van der Waals surface area contributed by atoms with Crippen LogP contribution >= 0.6 is 0 Å². The van der Waals surface area contributed by atoms with Gasteiger partial charge in [-0.15, -0.1) is 0 Å². The minimum absolute atomic E-state index is 0.0378. The van der Waals surface area contributed by atoms with Crippen LogP contribution in [0.15, 0.2) is 23.0 Å². The number of aromatic nitrogens is 1. The Hall–Kier alpha value is -2.90. The number of hydrogen-bond donors (Lipinski definition) is 3. The third kappa shape index (κ3) is 3.47. The van der Waals surface area contributed by atoms with Crippen molar-refractivity contribution in [2.45, 2.75) is 25.8 Å². The highest BCUT2D eigenvalue weighted by atomic mass is 19.1. The Morgan fingerprint density at radius 3 is 2.68 bits per heavy atom. The van der Waals surface area contributed by atoms with E-state index in [0.29, 0.717) is 18.0 Å². The summed E-state index contributed by atoms with van der Waals surface area (Å²) in [5.41, 5.74) is -0.963. The van der Waals surface area contributed by atoms with Gasteiger partial charge in [0.15, 0.2) is 0 Å². The van der Waals surface area contributed by atoms with Gasteiger partial charge >= 0.3 is 5.97 Å². The average Bonchev–Trinajstić information content (AvgIpc) is 3.37. The SMILES string of the molecule is O=C(O)CNC(=O)c1c(O)c2cc(F)ccc2n(CCC2CC2)c1=O. The minimum Gasteiger partial charge on any atom is -0.506 e. The molecular formula is C17H17FN2O5. The maximum Gasteiger partial charge on any atom is 0.322 e. The van der Waals surface area contributed by atoms with E-state index in [0.717, 1.165) is 25.3 Å². The van der Waals surface area contributed by atoms with Crippen LogP contribution in [0.1, 0.15) is 29.6 Å². The molecule has 1 aliphatic carbocycles. The Labute approximate surface area is 141 Å². The molecular weight excluding hydrogens is 331 g/mol. The molecule has 0 spiro atoms. The molecule has 1 fully saturated rings. The van der Waals surface area contributed by atoms with Gasteiger partial charge in [-0.05, 0) is 30.5 Å².